The minimum Gasteiger partial charge on any atom is -0.496 e. The zero-order valence-electron chi connectivity index (χ0n) is 10.4. The van der Waals surface area contributed by atoms with Gasteiger partial charge in [0.05, 0.1) is 17.8 Å². The number of hydrogen-bond donors (Lipinski definition) is 1. The van der Waals surface area contributed by atoms with E-state index in [-0.39, 0.29) is 18.8 Å². The molecule has 0 aliphatic carbocycles. The maximum atomic E-state index is 11.9. The number of sulfone groups is 1. The standard InChI is InChI=1S/C12H18O4S/c1-9-7-11(8-10(2)12(9)16-3)17(14,15)6-4-5-13/h7-8,13H,4-6H2,1-3H3. The van der Waals surface area contributed by atoms with Crippen molar-refractivity contribution in [1.29, 1.82) is 0 Å². The van der Waals surface area contributed by atoms with Crippen LogP contribution in [0.4, 0.5) is 0 Å². The minimum absolute atomic E-state index is 0.0330. The number of aliphatic hydroxyl groups is 1. The van der Waals surface area contributed by atoms with Crippen molar-refractivity contribution in [3.05, 3.63) is 23.3 Å². The van der Waals surface area contributed by atoms with Crippen molar-refractivity contribution in [3.63, 3.8) is 0 Å². The Morgan fingerprint density at radius 2 is 1.76 bits per heavy atom. The molecule has 0 aromatic heterocycles. The summed E-state index contributed by atoms with van der Waals surface area (Å²) >= 11 is 0. The number of aliphatic hydroxyl groups excluding tert-OH is 1. The van der Waals surface area contributed by atoms with Crippen molar-refractivity contribution in [2.45, 2.75) is 25.2 Å². The molecule has 0 aliphatic rings. The van der Waals surface area contributed by atoms with Gasteiger partial charge in [0.2, 0.25) is 0 Å². The Morgan fingerprint density at radius 1 is 1.24 bits per heavy atom. The largest absolute Gasteiger partial charge is 0.496 e. The van der Waals surface area contributed by atoms with Gasteiger partial charge in [-0.05, 0) is 43.5 Å². The van der Waals surface area contributed by atoms with Crippen LogP contribution in [0, 0.1) is 13.8 Å². The summed E-state index contributed by atoms with van der Waals surface area (Å²) in [7, 11) is -1.74. The monoisotopic (exact) mass is 258 g/mol. The smallest absolute Gasteiger partial charge is 0.178 e. The molecule has 0 aliphatic heterocycles. The molecule has 1 N–H and O–H groups in total. The van der Waals surface area contributed by atoms with Gasteiger partial charge in [-0.15, -0.1) is 0 Å². The molecule has 0 radical (unpaired) electrons. The third kappa shape index (κ3) is 3.20. The number of hydrogen-bond acceptors (Lipinski definition) is 4. The Labute approximate surface area is 102 Å². The summed E-state index contributed by atoms with van der Waals surface area (Å²) in [6.07, 6.45) is 0.256. The average Bonchev–Trinajstić information content (AvgIpc) is 2.26. The maximum Gasteiger partial charge on any atom is 0.178 e. The first-order valence-corrected chi connectivity index (χ1v) is 7.06. The molecular weight excluding hydrogens is 240 g/mol. The fraction of sp³-hybridized carbons (Fsp3) is 0.500. The van der Waals surface area contributed by atoms with Crippen LogP contribution in [0.1, 0.15) is 17.5 Å². The Kier molecular flexibility index (Phi) is 4.54. The second-order valence-corrected chi connectivity index (χ2v) is 6.10. The lowest BCUT2D eigenvalue weighted by Crippen LogP contribution is -2.09. The van der Waals surface area contributed by atoms with Gasteiger partial charge in [0.15, 0.2) is 9.84 Å². The van der Waals surface area contributed by atoms with Crippen molar-refractivity contribution in [1.82, 2.24) is 0 Å². The van der Waals surface area contributed by atoms with Gasteiger partial charge in [-0.1, -0.05) is 0 Å². The quantitative estimate of drug-likeness (QED) is 0.868. The van der Waals surface area contributed by atoms with Gasteiger partial charge in [0.25, 0.3) is 0 Å². The van der Waals surface area contributed by atoms with Gasteiger partial charge < -0.3 is 9.84 Å². The Morgan fingerprint density at radius 3 is 2.18 bits per heavy atom. The van der Waals surface area contributed by atoms with Gasteiger partial charge in [-0.25, -0.2) is 8.42 Å². The van der Waals surface area contributed by atoms with Crippen LogP contribution >= 0.6 is 0 Å². The van der Waals surface area contributed by atoms with Crippen molar-refractivity contribution >= 4 is 9.84 Å². The van der Waals surface area contributed by atoms with Crippen molar-refractivity contribution in [2.24, 2.45) is 0 Å². The third-order valence-electron chi connectivity index (χ3n) is 2.57. The molecule has 0 bridgehead atoms. The van der Waals surface area contributed by atoms with Gasteiger partial charge in [0.1, 0.15) is 5.75 Å². The fourth-order valence-electron chi connectivity index (χ4n) is 1.78. The van der Waals surface area contributed by atoms with Crippen molar-refractivity contribution < 1.29 is 18.3 Å². The van der Waals surface area contributed by atoms with Crippen LogP contribution in [0.2, 0.25) is 0 Å². The summed E-state index contributed by atoms with van der Waals surface area (Å²) in [5, 5.41) is 8.68. The SMILES string of the molecule is COc1c(C)cc(S(=O)(=O)CCCO)cc1C. The van der Waals surface area contributed by atoms with Gasteiger partial charge in [-0.2, -0.15) is 0 Å². The molecule has 0 unspecified atom stereocenters. The second kappa shape index (κ2) is 5.51. The van der Waals surface area contributed by atoms with E-state index in [9.17, 15) is 8.42 Å². The first-order valence-electron chi connectivity index (χ1n) is 5.41. The summed E-state index contributed by atoms with van der Waals surface area (Å²) < 4.78 is 29.1. The molecule has 0 spiro atoms. The summed E-state index contributed by atoms with van der Waals surface area (Å²) in [5.41, 5.74) is 1.60. The number of ether oxygens (including phenoxy) is 1. The van der Waals surface area contributed by atoms with E-state index in [0.29, 0.717) is 10.6 Å². The zero-order valence-corrected chi connectivity index (χ0v) is 11.2. The van der Waals surface area contributed by atoms with E-state index in [1.54, 1.807) is 19.2 Å². The zero-order chi connectivity index (χ0) is 13.1. The van der Waals surface area contributed by atoms with Crippen LogP contribution in [-0.2, 0) is 9.84 Å². The number of aryl methyl sites for hydroxylation is 2. The third-order valence-corrected chi connectivity index (χ3v) is 4.35. The maximum absolute atomic E-state index is 11.9. The number of methoxy groups -OCH3 is 1. The van der Waals surface area contributed by atoms with E-state index in [4.69, 9.17) is 9.84 Å². The highest BCUT2D eigenvalue weighted by molar-refractivity contribution is 7.91. The van der Waals surface area contributed by atoms with Crippen LogP contribution in [-0.4, -0.2) is 33.0 Å². The fourth-order valence-corrected chi connectivity index (χ4v) is 3.24. The lowest BCUT2D eigenvalue weighted by Gasteiger charge is -2.11. The van der Waals surface area contributed by atoms with Crippen molar-refractivity contribution in [2.75, 3.05) is 19.5 Å². The predicted molar refractivity (Wildman–Crippen MR) is 66.2 cm³/mol. The van der Waals surface area contributed by atoms with Crippen LogP contribution in [0.15, 0.2) is 17.0 Å². The lowest BCUT2D eigenvalue weighted by molar-refractivity contribution is 0.295. The highest BCUT2D eigenvalue weighted by Crippen LogP contribution is 2.27. The molecule has 1 aromatic rings. The summed E-state index contributed by atoms with van der Waals surface area (Å²) in [6.45, 7) is 3.52. The Bertz CT molecular complexity index is 468. The normalized spacial score (nSPS) is 11.5. The average molecular weight is 258 g/mol. The minimum atomic E-state index is -3.31. The molecule has 4 nitrogen and oxygen atoms in total. The molecule has 0 saturated carbocycles. The van der Waals surface area contributed by atoms with E-state index in [1.165, 1.54) is 0 Å². The Hall–Kier alpha value is -1.07. The van der Waals surface area contributed by atoms with E-state index in [1.807, 2.05) is 13.8 Å². The molecule has 0 atom stereocenters. The molecule has 0 saturated heterocycles. The summed E-state index contributed by atoms with van der Waals surface area (Å²) in [4.78, 5) is 0.293. The van der Waals surface area contributed by atoms with Crippen LogP contribution < -0.4 is 4.74 Å². The molecule has 96 valence electrons. The highest BCUT2D eigenvalue weighted by Gasteiger charge is 2.16. The van der Waals surface area contributed by atoms with Gasteiger partial charge in [-0.3, -0.25) is 0 Å². The molecule has 0 heterocycles. The predicted octanol–water partition coefficient (Wildman–Crippen LogP) is 1.47. The molecule has 5 heteroatoms. The molecule has 1 aromatic carbocycles. The summed E-state index contributed by atoms with van der Waals surface area (Å²) in [5.74, 6) is 0.681. The first kappa shape index (κ1) is 14.0. The summed E-state index contributed by atoms with van der Waals surface area (Å²) in [6, 6.07) is 3.22. The Balaban J connectivity index is 3.16. The molecule has 0 fully saturated rings. The number of benzene rings is 1. The molecule has 17 heavy (non-hydrogen) atoms. The number of rotatable bonds is 5. The molecule has 1 rings (SSSR count). The molecule has 0 amide bonds. The van der Waals surface area contributed by atoms with E-state index in [0.717, 1.165) is 11.1 Å². The highest BCUT2D eigenvalue weighted by atomic mass is 32.2. The van der Waals surface area contributed by atoms with Crippen LogP contribution in [0.3, 0.4) is 0 Å². The molecular formula is C12H18O4S. The van der Waals surface area contributed by atoms with Crippen LogP contribution in [0.25, 0.3) is 0 Å². The van der Waals surface area contributed by atoms with E-state index in [2.05, 4.69) is 0 Å². The lowest BCUT2D eigenvalue weighted by atomic mass is 10.1. The van der Waals surface area contributed by atoms with E-state index >= 15 is 0 Å². The second-order valence-electron chi connectivity index (χ2n) is 3.99. The topological polar surface area (TPSA) is 63.6 Å². The van der Waals surface area contributed by atoms with E-state index < -0.39 is 9.84 Å². The van der Waals surface area contributed by atoms with Crippen molar-refractivity contribution in [3.8, 4) is 5.75 Å². The van der Waals surface area contributed by atoms with Crippen LogP contribution in [0.5, 0.6) is 5.75 Å². The van der Waals surface area contributed by atoms with Gasteiger partial charge in [0, 0.05) is 6.61 Å². The first-order chi connectivity index (χ1) is 7.92. The van der Waals surface area contributed by atoms with Gasteiger partial charge >= 0.3 is 0 Å².